The van der Waals surface area contributed by atoms with Crippen LogP contribution in [0.15, 0.2) is 24.3 Å². The third kappa shape index (κ3) is 1.79. The van der Waals surface area contributed by atoms with E-state index in [2.05, 4.69) is 5.32 Å². The summed E-state index contributed by atoms with van der Waals surface area (Å²) in [5, 5.41) is 19.3. The van der Waals surface area contributed by atoms with Crippen molar-refractivity contribution in [1.82, 2.24) is 0 Å². The highest BCUT2D eigenvalue weighted by atomic mass is 16.6. The molecular formula is C7H6N3O2. The Morgan fingerprint density at radius 3 is 2.42 bits per heavy atom. The fourth-order valence-corrected chi connectivity index (χ4v) is 0.739. The highest BCUT2D eigenvalue weighted by molar-refractivity contribution is 5.73. The minimum atomic E-state index is -0.474. The zero-order chi connectivity index (χ0) is 8.97. The van der Waals surface area contributed by atoms with E-state index in [1.807, 2.05) is 6.34 Å². The maximum Gasteiger partial charge on any atom is 0.269 e. The summed E-state index contributed by atoms with van der Waals surface area (Å²) in [6.07, 6.45) is 1.96. The van der Waals surface area contributed by atoms with Crippen LogP contribution < -0.4 is 5.32 Å². The van der Waals surface area contributed by atoms with E-state index >= 15 is 0 Å². The minimum Gasteiger partial charge on any atom is -0.338 e. The molecule has 0 aromatic heterocycles. The second-order valence-corrected chi connectivity index (χ2v) is 2.05. The molecule has 2 N–H and O–H groups in total. The van der Waals surface area contributed by atoms with Crippen molar-refractivity contribution in [3.05, 3.63) is 34.4 Å². The molecule has 0 saturated heterocycles. The summed E-state index contributed by atoms with van der Waals surface area (Å²) in [5.74, 6) is 0. The molecule has 0 heterocycles. The van der Waals surface area contributed by atoms with Gasteiger partial charge in [-0.05, 0) is 12.1 Å². The normalized spacial score (nSPS) is 9.00. The number of nitro groups is 1. The molecule has 0 bridgehead atoms. The Bertz CT molecular complexity index is 294. The first-order valence-corrected chi connectivity index (χ1v) is 3.16. The van der Waals surface area contributed by atoms with Gasteiger partial charge in [0.2, 0.25) is 0 Å². The van der Waals surface area contributed by atoms with Gasteiger partial charge in [0.05, 0.1) is 4.92 Å². The summed E-state index contributed by atoms with van der Waals surface area (Å²) in [7, 11) is 0. The molecule has 0 fully saturated rings. The van der Waals surface area contributed by atoms with E-state index in [1.165, 1.54) is 24.3 Å². The van der Waals surface area contributed by atoms with E-state index in [0.717, 1.165) is 0 Å². The molecule has 0 aliphatic heterocycles. The molecule has 0 atom stereocenters. The average molecular weight is 164 g/mol. The number of anilines is 1. The Labute approximate surface area is 68.7 Å². The molecule has 1 radical (unpaired) electrons. The molecule has 1 rings (SSSR count). The molecule has 0 aliphatic rings. The Kier molecular flexibility index (Phi) is 2.37. The lowest BCUT2D eigenvalue weighted by Crippen LogP contribution is -1.93. The van der Waals surface area contributed by atoms with Crippen molar-refractivity contribution in [3.63, 3.8) is 0 Å². The van der Waals surface area contributed by atoms with Crippen LogP contribution in [0.5, 0.6) is 0 Å². The largest absolute Gasteiger partial charge is 0.338 e. The molecule has 5 nitrogen and oxygen atoms in total. The molecular weight excluding hydrogens is 158 g/mol. The molecule has 5 heteroatoms. The Morgan fingerprint density at radius 1 is 1.42 bits per heavy atom. The molecule has 0 saturated carbocycles. The number of nitrogens with zero attached hydrogens (tertiary/aromatic N) is 1. The van der Waals surface area contributed by atoms with Crippen molar-refractivity contribution in [3.8, 4) is 0 Å². The minimum absolute atomic E-state index is 0.0329. The van der Waals surface area contributed by atoms with Crippen molar-refractivity contribution < 1.29 is 4.92 Å². The van der Waals surface area contributed by atoms with Gasteiger partial charge in [0, 0.05) is 17.8 Å². The summed E-state index contributed by atoms with van der Waals surface area (Å²) < 4.78 is 0. The number of nitrogens with one attached hydrogen (secondary N) is 2. The van der Waals surface area contributed by atoms with Gasteiger partial charge in [-0.15, -0.1) is 0 Å². The van der Waals surface area contributed by atoms with Crippen LogP contribution in [0.25, 0.3) is 0 Å². The predicted octanol–water partition coefficient (Wildman–Crippen LogP) is 1.49. The SMILES string of the molecule is N=[C]Nc1ccc([N+](=O)[O-])cc1. The first-order chi connectivity index (χ1) is 5.74. The summed E-state index contributed by atoms with van der Waals surface area (Å²) in [6.45, 7) is 0. The standard InChI is InChI=1S/C7H6N3O2/c8-5-9-6-1-3-7(4-2-6)10(11)12/h1-4H,(H2,8,9). The number of benzene rings is 1. The van der Waals surface area contributed by atoms with E-state index in [4.69, 9.17) is 5.41 Å². The van der Waals surface area contributed by atoms with E-state index < -0.39 is 4.92 Å². The van der Waals surface area contributed by atoms with Crippen molar-refractivity contribution in [1.29, 1.82) is 5.41 Å². The van der Waals surface area contributed by atoms with Gasteiger partial charge in [-0.25, -0.2) is 0 Å². The van der Waals surface area contributed by atoms with Gasteiger partial charge >= 0.3 is 0 Å². The monoisotopic (exact) mass is 164 g/mol. The highest BCUT2D eigenvalue weighted by Gasteiger charge is 2.02. The Balaban J connectivity index is 2.85. The molecule has 0 spiro atoms. The second-order valence-electron chi connectivity index (χ2n) is 2.05. The summed E-state index contributed by atoms with van der Waals surface area (Å²) in [5.41, 5.74) is 0.640. The first-order valence-electron chi connectivity index (χ1n) is 3.16. The maximum absolute atomic E-state index is 10.2. The molecule has 1 aromatic carbocycles. The van der Waals surface area contributed by atoms with Gasteiger partial charge in [-0.3, -0.25) is 15.5 Å². The summed E-state index contributed by atoms with van der Waals surface area (Å²) in [6, 6.07) is 5.75. The zero-order valence-corrected chi connectivity index (χ0v) is 6.07. The molecule has 0 aliphatic carbocycles. The van der Waals surface area contributed by atoms with Gasteiger partial charge in [-0.2, -0.15) is 0 Å². The van der Waals surface area contributed by atoms with Gasteiger partial charge in [0.1, 0.15) is 0 Å². The lowest BCUT2D eigenvalue weighted by molar-refractivity contribution is -0.384. The average Bonchev–Trinajstić information content (AvgIpc) is 2.06. The van der Waals surface area contributed by atoms with Crippen LogP contribution in [0.1, 0.15) is 0 Å². The van der Waals surface area contributed by atoms with Gasteiger partial charge < -0.3 is 5.32 Å². The van der Waals surface area contributed by atoms with E-state index in [0.29, 0.717) is 5.69 Å². The van der Waals surface area contributed by atoms with E-state index in [9.17, 15) is 10.1 Å². The van der Waals surface area contributed by atoms with Crippen LogP contribution in [0, 0.1) is 15.5 Å². The van der Waals surface area contributed by atoms with Crippen molar-refractivity contribution in [2.75, 3.05) is 5.32 Å². The number of rotatable bonds is 3. The van der Waals surface area contributed by atoms with Crippen LogP contribution in [0.4, 0.5) is 11.4 Å². The fourth-order valence-electron chi connectivity index (χ4n) is 0.739. The van der Waals surface area contributed by atoms with Gasteiger partial charge in [0.15, 0.2) is 6.34 Å². The van der Waals surface area contributed by atoms with Gasteiger partial charge in [0.25, 0.3) is 5.69 Å². The molecule has 1 aromatic rings. The topological polar surface area (TPSA) is 79.0 Å². The molecule has 61 valence electrons. The molecule has 12 heavy (non-hydrogen) atoms. The quantitative estimate of drug-likeness (QED) is 0.233. The van der Waals surface area contributed by atoms with Crippen LogP contribution in [0.3, 0.4) is 0 Å². The number of non-ortho nitro benzene ring substituents is 1. The first kappa shape index (κ1) is 8.19. The van der Waals surface area contributed by atoms with E-state index in [1.54, 1.807) is 0 Å². The number of nitro benzene ring substituents is 1. The summed E-state index contributed by atoms with van der Waals surface area (Å²) >= 11 is 0. The zero-order valence-electron chi connectivity index (χ0n) is 6.07. The van der Waals surface area contributed by atoms with Crippen molar-refractivity contribution >= 4 is 17.7 Å². The summed E-state index contributed by atoms with van der Waals surface area (Å²) in [4.78, 5) is 9.73. The molecule has 0 amide bonds. The molecule has 0 unspecified atom stereocenters. The smallest absolute Gasteiger partial charge is 0.269 e. The maximum atomic E-state index is 10.2. The van der Waals surface area contributed by atoms with E-state index in [-0.39, 0.29) is 5.69 Å². The second kappa shape index (κ2) is 3.47. The van der Waals surface area contributed by atoms with Gasteiger partial charge in [-0.1, -0.05) is 0 Å². The van der Waals surface area contributed by atoms with Crippen LogP contribution >= 0.6 is 0 Å². The third-order valence-electron chi connectivity index (χ3n) is 1.28. The number of hydrogen-bond donors (Lipinski definition) is 2. The lowest BCUT2D eigenvalue weighted by atomic mass is 10.3. The Hall–Kier alpha value is -1.91. The fraction of sp³-hybridized carbons (Fsp3) is 0. The number of hydrogen-bond acceptors (Lipinski definition) is 3. The van der Waals surface area contributed by atoms with Crippen LogP contribution in [0.2, 0.25) is 0 Å². The lowest BCUT2D eigenvalue weighted by Gasteiger charge is -1.96. The van der Waals surface area contributed by atoms with Crippen molar-refractivity contribution in [2.24, 2.45) is 0 Å². The highest BCUT2D eigenvalue weighted by Crippen LogP contribution is 2.14. The van der Waals surface area contributed by atoms with Crippen LogP contribution in [-0.2, 0) is 0 Å². The predicted molar refractivity (Wildman–Crippen MR) is 44.4 cm³/mol. The van der Waals surface area contributed by atoms with Crippen molar-refractivity contribution in [2.45, 2.75) is 0 Å². The third-order valence-corrected chi connectivity index (χ3v) is 1.28. The van der Waals surface area contributed by atoms with Crippen LogP contribution in [-0.4, -0.2) is 11.3 Å². The Morgan fingerprint density at radius 2 is 2.00 bits per heavy atom.